The van der Waals surface area contributed by atoms with Crippen molar-refractivity contribution in [3.05, 3.63) is 56.6 Å². The Kier molecular flexibility index (Phi) is 5.19. The molecule has 0 amide bonds. The van der Waals surface area contributed by atoms with Gasteiger partial charge in [0.2, 0.25) is 5.88 Å². The van der Waals surface area contributed by atoms with Crippen molar-refractivity contribution >= 4 is 29.2 Å². The number of esters is 1. The Morgan fingerprint density at radius 1 is 1.48 bits per heavy atom. The van der Waals surface area contributed by atoms with Crippen molar-refractivity contribution in [1.29, 1.82) is 5.26 Å². The van der Waals surface area contributed by atoms with E-state index in [2.05, 4.69) is 0 Å². The van der Waals surface area contributed by atoms with Gasteiger partial charge in [0.15, 0.2) is 0 Å². The third-order valence-electron chi connectivity index (χ3n) is 3.39. The second kappa shape index (κ2) is 6.95. The van der Waals surface area contributed by atoms with Crippen molar-refractivity contribution in [2.45, 2.75) is 19.8 Å². The van der Waals surface area contributed by atoms with Gasteiger partial charge in [-0.25, -0.2) is 4.79 Å². The molecule has 0 fully saturated rings. The van der Waals surface area contributed by atoms with Crippen molar-refractivity contribution in [2.75, 3.05) is 6.61 Å². The molecule has 0 aromatic heterocycles. The van der Waals surface area contributed by atoms with E-state index in [4.69, 9.17) is 38.4 Å². The molecule has 0 saturated carbocycles. The third-order valence-corrected chi connectivity index (χ3v) is 4.23. The number of benzene rings is 1. The number of hydrogen-bond donors (Lipinski definition) is 1. The predicted molar refractivity (Wildman–Crippen MR) is 86.4 cm³/mol. The molecule has 1 heterocycles. The number of rotatable bonds is 3. The maximum absolute atomic E-state index is 12.3. The van der Waals surface area contributed by atoms with Crippen LogP contribution in [0.1, 0.15) is 25.3 Å². The molecule has 1 unspecified atom stereocenters. The summed E-state index contributed by atoms with van der Waals surface area (Å²) in [5.41, 5.74) is 6.56. The highest BCUT2D eigenvalue weighted by atomic mass is 35.5. The number of nitriles is 1. The Morgan fingerprint density at radius 2 is 2.17 bits per heavy atom. The molecule has 0 radical (unpaired) electrons. The molecule has 7 heteroatoms. The smallest absolute Gasteiger partial charge is 0.338 e. The van der Waals surface area contributed by atoms with Crippen molar-refractivity contribution in [2.24, 2.45) is 5.73 Å². The van der Waals surface area contributed by atoms with Crippen molar-refractivity contribution < 1.29 is 14.3 Å². The summed E-state index contributed by atoms with van der Waals surface area (Å²) in [5.74, 6) is -1.19. The molecule has 23 heavy (non-hydrogen) atoms. The number of carbonyl (C=O) groups excluding carboxylic acids is 1. The van der Waals surface area contributed by atoms with Crippen LogP contribution in [0, 0.1) is 11.3 Å². The van der Waals surface area contributed by atoms with Crippen LogP contribution in [0.3, 0.4) is 0 Å². The van der Waals surface area contributed by atoms with E-state index in [1.54, 1.807) is 32.0 Å². The van der Waals surface area contributed by atoms with Crippen LogP contribution in [0.5, 0.6) is 0 Å². The van der Waals surface area contributed by atoms with Gasteiger partial charge in [-0.05, 0) is 25.5 Å². The molecule has 1 aliphatic rings. The zero-order valence-corrected chi connectivity index (χ0v) is 14.0. The van der Waals surface area contributed by atoms with Gasteiger partial charge < -0.3 is 15.2 Å². The zero-order valence-electron chi connectivity index (χ0n) is 12.5. The van der Waals surface area contributed by atoms with Gasteiger partial charge in [-0.3, -0.25) is 0 Å². The van der Waals surface area contributed by atoms with Crippen LogP contribution in [0.2, 0.25) is 10.0 Å². The average molecular weight is 353 g/mol. The van der Waals surface area contributed by atoms with Gasteiger partial charge in [-0.15, -0.1) is 0 Å². The number of allylic oxidation sites excluding steroid dienone is 2. The third kappa shape index (κ3) is 3.14. The lowest BCUT2D eigenvalue weighted by Gasteiger charge is -2.27. The summed E-state index contributed by atoms with van der Waals surface area (Å²) in [4.78, 5) is 12.3. The van der Waals surface area contributed by atoms with Gasteiger partial charge in [0.1, 0.15) is 17.4 Å². The normalized spacial score (nSPS) is 17.6. The van der Waals surface area contributed by atoms with Gasteiger partial charge in [-0.1, -0.05) is 35.3 Å². The summed E-state index contributed by atoms with van der Waals surface area (Å²) >= 11 is 12.3. The van der Waals surface area contributed by atoms with E-state index >= 15 is 0 Å². The molecule has 1 aliphatic heterocycles. The molecule has 2 N–H and O–H groups in total. The fraction of sp³-hybridized carbons (Fsp3) is 0.250. The largest absolute Gasteiger partial charge is 0.463 e. The lowest BCUT2D eigenvalue weighted by molar-refractivity contribution is -0.139. The summed E-state index contributed by atoms with van der Waals surface area (Å²) in [5, 5.41) is 10.0. The first-order chi connectivity index (χ1) is 10.9. The van der Waals surface area contributed by atoms with Crippen molar-refractivity contribution in [3.63, 3.8) is 0 Å². The van der Waals surface area contributed by atoms with Crippen LogP contribution in [-0.4, -0.2) is 12.6 Å². The van der Waals surface area contributed by atoms with Crippen molar-refractivity contribution in [3.8, 4) is 6.07 Å². The lowest BCUT2D eigenvalue weighted by atomic mass is 9.83. The standard InChI is InChI=1S/C16H14Cl2N2O3/c1-3-22-16(21)12-8(2)23-15(20)10(7-19)13(12)9-5-4-6-11(17)14(9)18/h4-6,13H,3,20H2,1-2H3. The highest BCUT2D eigenvalue weighted by Crippen LogP contribution is 2.43. The SMILES string of the molecule is CCOC(=O)C1=C(C)OC(N)=C(C#N)C1c1cccc(Cl)c1Cl. The maximum Gasteiger partial charge on any atom is 0.338 e. The average Bonchev–Trinajstić information content (AvgIpc) is 2.49. The van der Waals surface area contributed by atoms with Crippen LogP contribution in [0.4, 0.5) is 0 Å². The molecular formula is C16H14Cl2N2O3. The lowest BCUT2D eigenvalue weighted by Crippen LogP contribution is -2.25. The van der Waals surface area contributed by atoms with Crippen LogP contribution in [0.25, 0.3) is 0 Å². The minimum atomic E-state index is -0.793. The molecule has 0 saturated heterocycles. The Hall–Kier alpha value is -2.16. The van der Waals surface area contributed by atoms with Gasteiger partial charge in [0.05, 0.1) is 28.1 Å². The first-order valence-electron chi connectivity index (χ1n) is 6.81. The number of carbonyl (C=O) groups is 1. The zero-order chi connectivity index (χ0) is 17.1. The quantitative estimate of drug-likeness (QED) is 0.839. The molecule has 2 rings (SSSR count). The van der Waals surface area contributed by atoms with E-state index < -0.39 is 11.9 Å². The Balaban J connectivity index is 2.69. The summed E-state index contributed by atoms with van der Waals surface area (Å²) in [7, 11) is 0. The molecule has 1 aromatic carbocycles. The minimum absolute atomic E-state index is 0.0703. The highest BCUT2D eigenvalue weighted by Gasteiger charge is 2.37. The summed E-state index contributed by atoms with van der Waals surface area (Å²) in [6.07, 6.45) is 0. The van der Waals surface area contributed by atoms with Gasteiger partial charge >= 0.3 is 5.97 Å². The summed E-state index contributed by atoms with van der Waals surface area (Å²) in [6.45, 7) is 3.46. The number of hydrogen-bond acceptors (Lipinski definition) is 5. The first kappa shape index (κ1) is 17.2. The van der Waals surface area contributed by atoms with Gasteiger partial charge in [-0.2, -0.15) is 5.26 Å². The highest BCUT2D eigenvalue weighted by molar-refractivity contribution is 6.42. The van der Waals surface area contributed by atoms with Crippen LogP contribution in [0.15, 0.2) is 41.0 Å². The van der Waals surface area contributed by atoms with E-state index in [0.717, 1.165) is 0 Å². The van der Waals surface area contributed by atoms with E-state index in [1.807, 2.05) is 6.07 Å². The minimum Gasteiger partial charge on any atom is -0.463 e. The monoisotopic (exact) mass is 352 g/mol. The number of nitrogens with zero attached hydrogens (tertiary/aromatic N) is 1. The van der Waals surface area contributed by atoms with Gasteiger partial charge in [0.25, 0.3) is 0 Å². The molecule has 5 nitrogen and oxygen atoms in total. The van der Waals surface area contributed by atoms with E-state index in [1.165, 1.54) is 0 Å². The predicted octanol–water partition coefficient (Wildman–Crippen LogP) is 3.64. The molecule has 120 valence electrons. The Labute approximate surface area is 143 Å². The number of nitrogens with two attached hydrogens (primary N) is 1. The van der Waals surface area contributed by atoms with Crippen LogP contribution >= 0.6 is 23.2 Å². The first-order valence-corrected chi connectivity index (χ1v) is 7.57. The second-order valence-corrected chi connectivity index (χ2v) is 5.54. The van der Waals surface area contributed by atoms with E-state index in [-0.39, 0.29) is 34.4 Å². The summed E-state index contributed by atoms with van der Waals surface area (Å²) < 4.78 is 10.4. The number of halogens is 2. The Bertz CT molecular complexity index is 763. The van der Waals surface area contributed by atoms with E-state index in [9.17, 15) is 10.1 Å². The molecule has 0 bridgehead atoms. The fourth-order valence-electron chi connectivity index (χ4n) is 2.41. The summed E-state index contributed by atoms with van der Waals surface area (Å²) in [6, 6.07) is 6.96. The molecule has 0 aliphatic carbocycles. The topological polar surface area (TPSA) is 85.3 Å². The van der Waals surface area contributed by atoms with Crippen LogP contribution in [-0.2, 0) is 14.3 Å². The molecule has 0 spiro atoms. The molecular weight excluding hydrogens is 339 g/mol. The van der Waals surface area contributed by atoms with Crippen molar-refractivity contribution in [1.82, 2.24) is 0 Å². The second-order valence-electron chi connectivity index (χ2n) is 4.76. The molecule has 1 aromatic rings. The van der Waals surface area contributed by atoms with Gasteiger partial charge in [0, 0.05) is 0 Å². The maximum atomic E-state index is 12.3. The fourth-order valence-corrected chi connectivity index (χ4v) is 2.83. The Morgan fingerprint density at radius 3 is 2.78 bits per heavy atom. The molecule has 1 atom stereocenters. The van der Waals surface area contributed by atoms with Crippen LogP contribution < -0.4 is 5.73 Å². The van der Waals surface area contributed by atoms with E-state index in [0.29, 0.717) is 10.6 Å². The number of ether oxygens (including phenoxy) is 2.